The van der Waals surface area contributed by atoms with Crippen molar-refractivity contribution in [2.24, 2.45) is 5.73 Å². The van der Waals surface area contributed by atoms with Crippen molar-refractivity contribution >= 4 is 54.0 Å². The number of hydrogen-bond donors (Lipinski definition) is 1. The van der Waals surface area contributed by atoms with Crippen molar-refractivity contribution in [1.82, 2.24) is 19.6 Å². The second kappa shape index (κ2) is 13.4. The summed E-state index contributed by atoms with van der Waals surface area (Å²) in [7, 11) is 4.77. The minimum absolute atomic E-state index is 0.207. The molecule has 0 bridgehead atoms. The molecule has 1 fully saturated rings. The summed E-state index contributed by atoms with van der Waals surface area (Å²) in [6.45, 7) is 0. The summed E-state index contributed by atoms with van der Waals surface area (Å²) in [5.74, 6) is -2.61. The van der Waals surface area contributed by atoms with Gasteiger partial charge in [0.05, 0.1) is 17.9 Å². The number of fused-ring (bicyclic) bond motifs is 8. The van der Waals surface area contributed by atoms with Crippen LogP contribution in [-0.4, -0.2) is 104 Å². The van der Waals surface area contributed by atoms with Crippen LogP contribution >= 0.6 is 0 Å². The molecule has 3 aromatic rings. The highest BCUT2D eigenvalue weighted by atomic mass is 28.3. The summed E-state index contributed by atoms with van der Waals surface area (Å²) < 4.78 is 6.62. The van der Waals surface area contributed by atoms with Gasteiger partial charge in [0.1, 0.15) is 8.07 Å². The van der Waals surface area contributed by atoms with Crippen LogP contribution in [0.2, 0.25) is 12.1 Å². The van der Waals surface area contributed by atoms with E-state index in [9.17, 15) is 28.8 Å². The normalized spacial score (nSPS) is 21.9. The van der Waals surface area contributed by atoms with Gasteiger partial charge in [0, 0.05) is 59.4 Å². The molecule has 5 amide bonds. The van der Waals surface area contributed by atoms with Crippen LogP contribution in [0.25, 0.3) is 0 Å². The van der Waals surface area contributed by atoms with Gasteiger partial charge in [-0.3, -0.25) is 43.6 Å². The first kappa shape index (κ1) is 36.5. The second-order valence-corrected chi connectivity index (χ2v) is 19.9. The summed E-state index contributed by atoms with van der Waals surface area (Å²) in [6, 6.07) is 19.4. The average Bonchev–Trinajstić information content (AvgIpc) is 3.79. The van der Waals surface area contributed by atoms with Crippen LogP contribution in [0, 0.1) is 0 Å². The number of hydrogen-bond acceptors (Lipinski definition) is 9. The monoisotopic (exact) mass is 757 g/mol. The molecule has 5 aliphatic rings. The van der Waals surface area contributed by atoms with Crippen LogP contribution in [0.1, 0.15) is 67.8 Å². The van der Waals surface area contributed by atoms with E-state index in [1.54, 1.807) is 12.1 Å². The Hall–Kier alpha value is -5.50. The zero-order chi connectivity index (χ0) is 39.0. The van der Waals surface area contributed by atoms with E-state index in [2.05, 4.69) is 12.1 Å². The maximum Gasteiger partial charge on any atom is 0.340 e. The van der Waals surface area contributed by atoms with E-state index >= 15 is 0 Å². The summed E-state index contributed by atoms with van der Waals surface area (Å²) in [4.78, 5) is 84.0. The Morgan fingerprint density at radius 3 is 1.58 bits per heavy atom. The number of ether oxygens (including phenoxy) is 1. The van der Waals surface area contributed by atoms with Crippen LogP contribution in [0.4, 0.5) is 0 Å². The van der Waals surface area contributed by atoms with E-state index in [4.69, 9.17) is 10.5 Å². The largest absolute Gasteiger partial charge is 0.441 e. The highest BCUT2D eigenvalue weighted by Crippen LogP contribution is 2.51. The Bertz CT molecular complexity index is 2130. The number of carbonyl (C=O) groups excluding carboxylic acids is 6. The zero-order valence-electron chi connectivity index (χ0n) is 31.3. The van der Waals surface area contributed by atoms with E-state index in [1.165, 1.54) is 40.2 Å². The van der Waals surface area contributed by atoms with Gasteiger partial charge in [0.25, 0.3) is 23.6 Å². The fourth-order valence-corrected chi connectivity index (χ4v) is 15.3. The average molecular weight is 758 g/mol. The molecule has 2 atom stereocenters. The van der Waals surface area contributed by atoms with Gasteiger partial charge < -0.3 is 10.5 Å². The lowest BCUT2D eigenvalue weighted by Crippen LogP contribution is -2.67. The zero-order valence-corrected chi connectivity index (χ0v) is 32.3. The number of nitrogens with two attached hydrogens (primary N) is 1. The molecule has 12 nitrogen and oxygen atoms in total. The van der Waals surface area contributed by atoms with Crippen molar-refractivity contribution < 1.29 is 33.5 Å². The van der Waals surface area contributed by atoms with Crippen LogP contribution in [0.15, 0.2) is 78.9 Å². The topological polar surface area (TPSA) is 151 Å². The maximum atomic E-state index is 14.0. The summed E-state index contributed by atoms with van der Waals surface area (Å²) in [6.07, 6.45) is 8.07. The number of imide groups is 2. The molecular weight excluding hydrogens is 715 g/mol. The summed E-state index contributed by atoms with van der Waals surface area (Å²) in [5.41, 5.74) is 9.09. The Morgan fingerprint density at radius 1 is 0.691 bits per heavy atom. The maximum absolute atomic E-state index is 14.0. The van der Waals surface area contributed by atoms with Gasteiger partial charge in [-0.2, -0.15) is 0 Å². The fraction of sp³-hybridized carbons (Fsp3) is 0.333. The summed E-state index contributed by atoms with van der Waals surface area (Å²) in [5, 5.41) is 2.28. The number of amides is 5. The quantitative estimate of drug-likeness (QED) is 0.197. The summed E-state index contributed by atoms with van der Waals surface area (Å²) >= 11 is 0. The van der Waals surface area contributed by atoms with E-state index in [0.717, 1.165) is 64.0 Å². The smallest absolute Gasteiger partial charge is 0.340 e. The third kappa shape index (κ3) is 5.63. The Kier molecular flexibility index (Phi) is 8.86. The highest BCUT2D eigenvalue weighted by molar-refractivity contribution is 7.03. The number of benzene rings is 3. The Labute approximate surface area is 320 Å². The van der Waals surface area contributed by atoms with E-state index in [0.29, 0.717) is 18.4 Å². The molecule has 5 heterocycles. The molecule has 2 N–H and O–H groups in total. The molecule has 5 aliphatic heterocycles. The number of esters is 1. The van der Waals surface area contributed by atoms with Crippen LogP contribution in [-0.2, 0) is 42.4 Å². The lowest BCUT2D eigenvalue weighted by molar-refractivity contribution is -0.144. The lowest BCUT2D eigenvalue weighted by Gasteiger charge is -2.48. The number of rotatable bonds is 9. The van der Waals surface area contributed by atoms with Gasteiger partial charge in [0.15, 0.2) is 5.60 Å². The van der Waals surface area contributed by atoms with Crippen molar-refractivity contribution in [3.05, 3.63) is 118 Å². The predicted molar refractivity (Wildman–Crippen MR) is 206 cm³/mol. The van der Waals surface area contributed by atoms with Gasteiger partial charge in [-0.05, 0) is 73.9 Å². The van der Waals surface area contributed by atoms with Crippen molar-refractivity contribution in [2.45, 2.75) is 62.1 Å². The molecule has 13 heteroatoms. The van der Waals surface area contributed by atoms with Crippen LogP contribution < -0.4 is 16.1 Å². The van der Waals surface area contributed by atoms with Crippen molar-refractivity contribution in [2.75, 3.05) is 28.2 Å². The highest BCUT2D eigenvalue weighted by Gasteiger charge is 2.58. The first-order valence-corrected chi connectivity index (χ1v) is 21.1. The van der Waals surface area contributed by atoms with Crippen molar-refractivity contribution in [3.8, 4) is 0 Å². The minimum Gasteiger partial charge on any atom is -0.441 e. The third-order valence-electron chi connectivity index (χ3n) is 12.1. The van der Waals surface area contributed by atoms with E-state index in [1.807, 2.05) is 62.3 Å². The second-order valence-electron chi connectivity index (χ2n) is 15.7. The molecule has 1 saturated heterocycles. The van der Waals surface area contributed by atoms with Gasteiger partial charge in [0.2, 0.25) is 5.91 Å². The molecule has 0 aromatic heterocycles. The van der Waals surface area contributed by atoms with Gasteiger partial charge in [-0.15, -0.1) is 0 Å². The number of carbonyl (C=O) groups is 6. The number of likely N-dealkylation sites (N-methyl/N-ethyl adjacent to an activating group) is 2. The molecule has 55 heavy (non-hydrogen) atoms. The van der Waals surface area contributed by atoms with Crippen LogP contribution in [0.5, 0.6) is 0 Å². The van der Waals surface area contributed by atoms with E-state index < -0.39 is 37.9 Å². The van der Waals surface area contributed by atoms with Gasteiger partial charge in [-0.25, -0.2) is 4.79 Å². The lowest BCUT2D eigenvalue weighted by atomic mass is 9.78. The predicted octanol–water partition coefficient (Wildman–Crippen LogP) is 2.02. The van der Waals surface area contributed by atoms with Crippen molar-refractivity contribution in [3.63, 3.8) is 0 Å². The SMILES string of the molecule is CN(C)C(Cc1ccc2c(c1)[Si]1(CCCCC1)c1cc(CC(N(C)C)N3C(=O)C=CC3=O)ccc1C21OC(=O)c2cc(C(N)=O)ccc21)N1C(=O)C=CC1=O. The Balaban J connectivity index is 1.33. The standard InChI is InChI=1S/C42H43N5O7Si/c1-44(2)34(46-36(48)14-15-37(46)49)22-25-8-11-30-32(20-25)55(18-6-5-7-19-55)33-21-26(23-35(45(3)4)47-38(50)16-17-39(47)51)9-12-31(33)42(30)29-13-10-27(40(43)52)24-28(29)41(53)54-42/h8-17,20-21,24,34-35H,5-7,18-19,22-23H2,1-4H3,(H2,43,52). The third-order valence-corrected chi connectivity index (χ3v) is 17.4. The molecule has 2 spiro atoms. The number of nitrogens with zero attached hydrogens (tertiary/aromatic N) is 4. The first-order valence-electron chi connectivity index (χ1n) is 18.7. The molecule has 0 aliphatic carbocycles. The minimum atomic E-state index is -2.63. The molecule has 3 aromatic carbocycles. The van der Waals surface area contributed by atoms with Crippen molar-refractivity contribution in [1.29, 1.82) is 0 Å². The molecule has 2 unspecified atom stereocenters. The molecule has 0 radical (unpaired) electrons. The molecule has 8 rings (SSSR count). The number of primary amides is 1. The molecular formula is C42H43N5O7Si. The van der Waals surface area contributed by atoms with E-state index in [-0.39, 0.29) is 34.8 Å². The van der Waals surface area contributed by atoms with Gasteiger partial charge >= 0.3 is 5.97 Å². The molecule has 282 valence electrons. The fourth-order valence-electron chi connectivity index (χ4n) is 9.49. The Morgan fingerprint density at radius 2 is 1.15 bits per heavy atom. The molecule has 0 saturated carbocycles. The van der Waals surface area contributed by atoms with Crippen LogP contribution in [0.3, 0.4) is 0 Å². The first-order chi connectivity index (χ1) is 26.3. The van der Waals surface area contributed by atoms with Gasteiger partial charge in [-0.1, -0.05) is 61.7 Å².